The molecule has 3 nitrogen and oxygen atoms in total. The Bertz CT molecular complexity index is 719. The normalized spacial score (nSPS) is 15.0. The van der Waals surface area contributed by atoms with Crippen LogP contribution in [0.5, 0.6) is 0 Å². The van der Waals surface area contributed by atoms with Crippen molar-refractivity contribution < 1.29 is 4.79 Å². The highest BCUT2D eigenvalue weighted by atomic mass is 16.1. The summed E-state index contributed by atoms with van der Waals surface area (Å²) in [6.45, 7) is 9.06. The molecule has 0 spiro atoms. The van der Waals surface area contributed by atoms with Gasteiger partial charge < -0.3 is 5.32 Å². The molecule has 0 bridgehead atoms. The third-order valence-corrected chi connectivity index (χ3v) is 4.98. The first-order chi connectivity index (χ1) is 11.5. The minimum Gasteiger partial charge on any atom is -0.350 e. The fourth-order valence-electron chi connectivity index (χ4n) is 3.23. The molecule has 0 radical (unpaired) electrons. The molecule has 0 fully saturated rings. The van der Waals surface area contributed by atoms with Gasteiger partial charge in [0.25, 0.3) is 5.91 Å². The maximum Gasteiger partial charge on any atom is 0.251 e. The third-order valence-electron chi connectivity index (χ3n) is 4.98. The van der Waals surface area contributed by atoms with Gasteiger partial charge in [0.05, 0.1) is 0 Å². The molecule has 1 aliphatic rings. The molecule has 3 heteroatoms. The Balaban J connectivity index is 1.62. The van der Waals surface area contributed by atoms with E-state index in [1.807, 2.05) is 31.2 Å². The van der Waals surface area contributed by atoms with Crippen LogP contribution in [0.15, 0.2) is 48.5 Å². The van der Waals surface area contributed by atoms with Crippen molar-refractivity contribution in [3.63, 3.8) is 0 Å². The van der Waals surface area contributed by atoms with Crippen molar-refractivity contribution in [1.82, 2.24) is 10.2 Å². The highest BCUT2D eigenvalue weighted by Gasteiger charge is 2.30. The first kappa shape index (κ1) is 16.7. The summed E-state index contributed by atoms with van der Waals surface area (Å²) >= 11 is 0. The van der Waals surface area contributed by atoms with Crippen LogP contribution in [0.2, 0.25) is 0 Å². The van der Waals surface area contributed by atoms with Crippen molar-refractivity contribution in [2.75, 3.05) is 13.1 Å². The number of amides is 1. The number of rotatable bonds is 4. The van der Waals surface area contributed by atoms with Crippen LogP contribution in [0.3, 0.4) is 0 Å². The van der Waals surface area contributed by atoms with E-state index in [1.54, 1.807) is 0 Å². The van der Waals surface area contributed by atoms with E-state index < -0.39 is 0 Å². The van der Waals surface area contributed by atoms with Crippen molar-refractivity contribution in [3.8, 4) is 0 Å². The number of fused-ring (bicyclic) bond motifs is 1. The van der Waals surface area contributed by atoms with Gasteiger partial charge in [0.2, 0.25) is 0 Å². The average Bonchev–Trinajstić information content (AvgIpc) is 2.60. The van der Waals surface area contributed by atoms with Gasteiger partial charge >= 0.3 is 0 Å². The number of nitrogens with one attached hydrogen (secondary N) is 1. The van der Waals surface area contributed by atoms with Gasteiger partial charge in [-0.3, -0.25) is 9.69 Å². The molecule has 126 valence electrons. The quantitative estimate of drug-likeness (QED) is 0.933. The number of carbonyl (C=O) groups is 1. The molecule has 0 aromatic heterocycles. The zero-order valence-electron chi connectivity index (χ0n) is 14.8. The second-order valence-electron chi connectivity index (χ2n) is 7.30. The topological polar surface area (TPSA) is 32.3 Å². The number of hydrogen-bond acceptors (Lipinski definition) is 2. The second-order valence-corrected chi connectivity index (χ2v) is 7.30. The Morgan fingerprint density at radius 1 is 1.08 bits per heavy atom. The lowest BCUT2D eigenvalue weighted by atomic mass is 9.94. The van der Waals surface area contributed by atoms with Gasteiger partial charge in [0, 0.05) is 30.7 Å². The van der Waals surface area contributed by atoms with E-state index in [2.05, 4.69) is 48.3 Å². The number of carbonyl (C=O) groups excluding carboxylic acids is 1. The summed E-state index contributed by atoms with van der Waals surface area (Å²) in [5.41, 5.74) is 4.67. The average molecular weight is 322 g/mol. The molecule has 2 aromatic rings. The lowest BCUT2D eigenvalue weighted by Crippen LogP contribution is -2.53. The maximum atomic E-state index is 12.4. The SMILES string of the molecule is Cc1ccc(C(=O)NCC(C)(C)N2CCc3ccccc3C2)cc1. The lowest BCUT2D eigenvalue weighted by Gasteiger charge is -2.41. The first-order valence-electron chi connectivity index (χ1n) is 8.62. The summed E-state index contributed by atoms with van der Waals surface area (Å²) in [5, 5.41) is 3.10. The molecule has 24 heavy (non-hydrogen) atoms. The van der Waals surface area contributed by atoms with Crippen LogP contribution in [-0.2, 0) is 13.0 Å². The largest absolute Gasteiger partial charge is 0.350 e. The summed E-state index contributed by atoms with van der Waals surface area (Å²) in [4.78, 5) is 14.8. The number of benzene rings is 2. The first-order valence-corrected chi connectivity index (χ1v) is 8.62. The van der Waals surface area contributed by atoms with Crippen LogP contribution in [0.1, 0.15) is 40.9 Å². The summed E-state index contributed by atoms with van der Waals surface area (Å²) < 4.78 is 0. The molecule has 2 aromatic carbocycles. The van der Waals surface area contributed by atoms with Gasteiger partial charge in [0.1, 0.15) is 0 Å². The van der Waals surface area contributed by atoms with Gasteiger partial charge in [0.15, 0.2) is 0 Å². The number of aryl methyl sites for hydroxylation is 1. The van der Waals surface area contributed by atoms with E-state index in [9.17, 15) is 4.79 Å². The highest BCUT2D eigenvalue weighted by molar-refractivity contribution is 5.94. The van der Waals surface area contributed by atoms with Gasteiger partial charge in [-0.05, 0) is 50.5 Å². The van der Waals surface area contributed by atoms with E-state index in [0.29, 0.717) is 6.54 Å². The Kier molecular flexibility index (Phi) is 4.72. The van der Waals surface area contributed by atoms with Crippen molar-refractivity contribution >= 4 is 5.91 Å². The Labute approximate surface area is 144 Å². The second kappa shape index (κ2) is 6.78. The van der Waals surface area contributed by atoms with E-state index in [4.69, 9.17) is 0 Å². The minimum absolute atomic E-state index is 0.000449. The molecular formula is C21H26N2O. The molecule has 0 aliphatic carbocycles. The smallest absolute Gasteiger partial charge is 0.251 e. The Morgan fingerprint density at radius 3 is 2.46 bits per heavy atom. The maximum absolute atomic E-state index is 12.4. The molecule has 0 saturated heterocycles. The summed E-state index contributed by atoms with van der Waals surface area (Å²) in [5.74, 6) is 0.000449. The van der Waals surface area contributed by atoms with E-state index >= 15 is 0 Å². The molecule has 1 amide bonds. The highest BCUT2D eigenvalue weighted by Crippen LogP contribution is 2.25. The predicted octanol–water partition coefficient (Wildman–Crippen LogP) is 3.56. The van der Waals surface area contributed by atoms with E-state index in [1.165, 1.54) is 16.7 Å². The van der Waals surface area contributed by atoms with Crippen molar-refractivity contribution in [1.29, 1.82) is 0 Å². The zero-order valence-corrected chi connectivity index (χ0v) is 14.8. The fourth-order valence-corrected chi connectivity index (χ4v) is 3.23. The standard InChI is InChI=1S/C21H26N2O/c1-16-8-10-18(11-9-16)20(24)22-15-21(2,3)23-13-12-17-6-4-5-7-19(17)14-23/h4-11H,12-15H2,1-3H3,(H,22,24). The fraction of sp³-hybridized carbons (Fsp3) is 0.381. The number of nitrogens with zero attached hydrogens (tertiary/aromatic N) is 1. The summed E-state index contributed by atoms with van der Waals surface area (Å²) in [7, 11) is 0. The Morgan fingerprint density at radius 2 is 1.75 bits per heavy atom. The molecule has 0 atom stereocenters. The molecule has 1 N–H and O–H groups in total. The monoisotopic (exact) mass is 322 g/mol. The molecular weight excluding hydrogens is 296 g/mol. The van der Waals surface area contributed by atoms with Gasteiger partial charge in [-0.15, -0.1) is 0 Å². The van der Waals surface area contributed by atoms with Crippen LogP contribution in [0.4, 0.5) is 0 Å². The lowest BCUT2D eigenvalue weighted by molar-refractivity contribution is 0.0826. The van der Waals surface area contributed by atoms with Gasteiger partial charge in [-0.25, -0.2) is 0 Å². The van der Waals surface area contributed by atoms with E-state index in [0.717, 1.165) is 25.1 Å². The van der Waals surface area contributed by atoms with Crippen molar-refractivity contribution in [2.24, 2.45) is 0 Å². The molecule has 0 saturated carbocycles. The van der Waals surface area contributed by atoms with Gasteiger partial charge in [-0.2, -0.15) is 0 Å². The van der Waals surface area contributed by atoms with Crippen LogP contribution in [0, 0.1) is 6.92 Å². The summed E-state index contributed by atoms with van der Waals surface area (Å²) in [6, 6.07) is 16.4. The molecule has 1 heterocycles. The van der Waals surface area contributed by atoms with Crippen molar-refractivity contribution in [3.05, 3.63) is 70.8 Å². The molecule has 1 aliphatic heterocycles. The molecule has 3 rings (SSSR count). The van der Waals surface area contributed by atoms with Crippen LogP contribution in [-0.4, -0.2) is 29.4 Å². The van der Waals surface area contributed by atoms with Crippen LogP contribution >= 0.6 is 0 Å². The van der Waals surface area contributed by atoms with Crippen LogP contribution < -0.4 is 5.32 Å². The third kappa shape index (κ3) is 3.68. The minimum atomic E-state index is -0.0755. The summed E-state index contributed by atoms with van der Waals surface area (Å²) in [6.07, 6.45) is 1.07. The Hall–Kier alpha value is -2.13. The van der Waals surface area contributed by atoms with E-state index in [-0.39, 0.29) is 11.4 Å². The predicted molar refractivity (Wildman–Crippen MR) is 98.1 cm³/mol. The van der Waals surface area contributed by atoms with Gasteiger partial charge in [-0.1, -0.05) is 42.0 Å². The zero-order chi connectivity index (χ0) is 17.2. The number of hydrogen-bond donors (Lipinski definition) is 1. The molecule has 0 unspecified atom stereocenters. The van der Waals surface area contributed by atoms with Crippen LogP contribution in [0.25, 0.3) is 0 Å². The van der Waals surface area contributed by atoms with Crippen molar-refractivity contribution in [2.45, 2.75) is 39.3 Å².